The minimum Gasteiger partial charge on any atom is -0.350 e. The lowest BCUT2D eigenvalue weighted by Crippen LogP contribution is -2.46. The lowest BCUT2D eigenvalue weighted by Gasteiger charge is -2.25. The van der Waals surface area contributed by atoms with Gasteiger partial charge in [-0.2, -0.15) is 0 Å². The third kappa shape index (κ3) is 7.98. The van der Waals surface area contributed by atoms with Crippen molar-refractivity contribution in [1.82, 2.24) is 15.1 Å². The lowest BCUT2D eigenvalue weighted by atomic mass is 10.0. The number of carbonyl (C=O) groups is 2. The average molecular weight is 389 g/mol. The molecule has 0 bridgehead atoms. The van der Waals surface area contributed by atoms with Crippen LogP contribution in [0.25, 0.3) is 0 Å². The summed E-state index contributed by atoms with van der Waals surface area (Å²) >= 11 is 0. The second kappa shape index (κ2) is 10.0. The van der Waals surface area contributed by atoms with Gasteiger partial charge < -0.3 is 10.6 Å². The van der Waals surface area contributed by atoms with Crippen LogP contribution in [0.4, 0.5) is 5.69 Å². The van der Waals surface area contributed by atoms with Crippen LogP contribution in [0, 0.1) is 0 Å². The molecule has 1 aliphatic heterocycles. The van der Waals surface area contributed by atoms with Crippen molar-refractivity contribution < 1.29 is 9.59 Å². The highest BCUT2D eigenvalue weighted by Crippen LogP contribution is 2.17. The van der Waals surface area contributed by atoms with Crippen LogP contribution >= 0.6 is 0 Å². The predicted octanol–water partition coefficient (Wildman–Crippen LogP) is 2.67. The molecule has 0 spiro atoms. The van der Waals surface area contributed by atoms with Crippen molar-refractivity contribution in [2.24, 2.45) is 0 Å². The topological polar surface area (TPSA) is 64.7 Å². The summed E-state index contributed by atoms with van der Waals surface area (Å²) in [5.74, 6) is 0.551. The van der Waals surface area contributed by atoms with E-state index in [9.17, 15) is 9.59 Å². The Morgan fingerprint density at radius 2 is 1.46 bits per heavy atom. The Hall–Kier alpha value is -1.92. The summed E-state index contributed by atoms with van der Waals surface area (Å²) in [7, 11) is 0. The van der Waals surface area contributed by atoms with Crippen molar-refractivity contribution in [3.05, 3.63) is 29.8 Å². The summed E-state index contributed by atoms with van der Waals surface area (Å²) in [6, 6.07) is 8.05. The molecule has 6 nitrogen and oxygen atoms in total. The number of nitrogens with one attached hydrogen (secondary N) is 2. The van der Waals surface area contributed by atoms with Gasteiger partial charge in [-0.15, -0.1) is 0 Å². The third-order valence-electron chi connectivity index (χ3n) is 4.79. The maximum atomic E-state index is 12.4. The van der Waals surface area contributed by atoms with Crippen molar-refractivity contribution >= 4 is 17.5 Å². The number of nitrogens with zero attached hydrogens (tertiary/aromatic N) is 2. The van der Waals surface area contributed by atoms with Crippen LogP contribution in [-0.2, 0) is 9.59 Å². The molecule has 0 saturated carbocycles. The van der Waals surface area contributed by atoms with Gasteiger partial charge in [0, 0.05) is 24.3 Å². The Morgan fingerprint density at radius 3 is 1.96 bits per heavy atom. The Morgan fingerprint density at radius 1 is 0.929 bits per heavy atom. The summed E-state index contributed by atoms with van der Waals surface area (Å²) in [4.78, 5) is 28.9. The van der Waals surface area contributed by atoms with Gasteiger partial charge >= 0.3 is 0 Å². The van der Waals surface area contributed by atoms with E-state index in [-0.39, 0.29) is 17.4 Å². The number of hydrogen-bond donors (Lipinski definition) is 2. The molecule has 1 heterocycles. The maximum absolute atomic E-state index is 12.4. The molecule has 6 heteroatoms. The molecule has 0 aliphatic carbocycles. The van der Waals surface area contributed by atoms with Gasteiger partial charge in [0.2, 0.25) is 11.8 Å². The van der Waals surface area contributed by atoms with E-state index in [2.05, 4.69) is 46.4 Å². The Balaban J connectivity index is 1.77. The molecule has 0 atom stereocenters. The third-order valence-corrected chi connectivity index (χ3v) is 4.79. The van der Waals surface area contributed by atoms with Crippen LogP contribution in [0.5, 0.6) is 0 Å². The summed E-state index contributed by atoms with van der Waals surface area (Å²) in [5.41, 5.74) is 1.89. The second-order valence-electron chi connectivity index (χ2n) is 9.03. The van der Waals surface area contributed by atoms with Crippen molar-refractivity contribution in [3.63, 3.8) is 0 Å². The zero-order valence-corrected chi connectivity index (χ0v) is 18.0. The fourth-order valence-corrected chi connectivity index (χ4v) is 3.36. The quantitative estimate of drug-likeness (QED) is 0.786. The normalized spacial score (nSPS) is 16.6. The minimum atomic E-state index is -0.208. The Labute approximate surface area is 169 Å². The van der Waals surface area contributed by atoms with Gasteiger partial charge in [-0.25, -0.2) is 0 Å². The first-order valence-corrected chi connectivity index (χ1v) is 10.3. The summed E-state index contributed by atoms with van der Waals surface area (Å²) < 4.78 is 0. The first kappa shape index (κ1) is 22.4. The maximum Gasteiger partial charge on any atom is 0.238 e. The molecule has 1 aromatic rings. The summed E-state index contributed by atoms with van der Waals surface area (Å²) in [5, 5.41) is 6.00. The van der Waals surface area contributed by atoms with Crippen molar-refractivity contribution in [1.29, 1.82) is 0 Å². The molecule has 2 amide bonds. The molecular formula is C22H36N4O2. The fourth-order valence-electron chi connectivity index (χ4n) is 3.36. The average Bonchev–Trinajstić information content (AvgIpc) is 2.78. The first-order valence-electron chi connectivity index (χ1n) is 10.3. The van der Waals surface area contributed by atoms with Gasteiger partial charge in [-0.1, -0.05) is 26.0 Å². The van der Waals surface area contributed by atoms with Crippen LogP contribution in [0.3, 0.4) is 0 Å². The molecule has 1 aromatic carbocycles. The van der Waals surface area contributed by atoms with Gasteiger partial charge in [0.05, 0.1) is 13.1 Å². The summed E-state index contributed by atoms with van der Waals surface area (Å²) in [6.07, 6.45) is 0.958. The number of carbonyl (C=O) groups excluding carboxylic acids is 2. The van der Waals surface area contributed by atoms with E-state index in [4.69, 9.17) is 0 Å². The minimum absolute atomic E-state index is 0.0104. The SMILES string of the molecule is CC(C)c1ccc(NC(=O)CN2CCCN(CC(=O)NC(C)(C)C)CC2)cc1. The molecule has 0 radical (unpaired) electrons. The lowest BCUT2D eigenvalue weighted by molar-refractivity contribution is -0.123. The number of amides is 2. The molecule has 0 aromatic heterocycles. The van der Waals surface area contributed by atoms with E-state index in [1.807, 2.05) is 32.9 Å². The molecule has 1 aliphatic rings. The van der Waals surface area contributed by atoms with Crippen LogP contribution in [-0.4, -0.2) is 66.4 Å². The first-order chi connectivity index (χ1) is 13.1. The summed E-state index contributed by atoms with van der Waals surface area (Å²) in [6.45, 7) is 14.4. The van der Waals surface area contributed by atoms with Crippen molar-refractivity contribution in [3.8, 4) is 0 Å². The standard InChI is InChI=1S/C22H36N4O2/c1-17(2)18-7-9-19(10-8-18)23-20(27)15-25-11-6-12-26(14-13-25)16-21(28)24-22(3,4)5/h7-10,17H,6,11-16H2,1-5H3,(H,23,27)(H,24,28). The highest BCUT2D eigenvalue weighted by molar-refractivity contribution is 5.92. The molecule has 2 rings (SSSR count). The van der Waals surface area contributed by atoms with E-state index in [0.717, 1.165) is 38.3 Å². The molecule has 1 saturated heterocycles. The van der Waals surface area contributed by atoms with E-state index in [1.54, 1.807) is 0 Å². The highest BCUT2D eigenvalue weighted by Gasteiger charge is 2.20. The van der Waals surface area contributed by atoms with Gasteiger partial charge in [0.25, 0.3) is 0 Å². The number of rotatable bonds is 6. The van der Waals surface area contributed by atoms with E-state index >= 15 is 0 Å². The number of hydrogen-bond acceptors (Lipinski definition) is 4. The van der Waals surface area contributed by atoms with Gasteiger partial charge in [-0.05, 0) is 63.9 Å². The molecule has 0 unspecified atom stereocenters. The smallest absolute Gasteiger partial charge is 0.238 e. The van der Waals surface area contributed by atoms with Crippen molar-refractivity contribution in [2.45, 2.75) is 52.5 Å². The molecule has 1 fully saturated rings. The van der Waals surface area contributed by atoms with E-state index < -0.39 is 0 Å². The van der Waals surface area contributed by atoms with Crippen LogP contribution in [0.15, 0.2) is 24.3 Å². The monoisotopic (exact) mass is 388 g/mol. The predicted molar refractivity (Wildman–Crippen MR) is 115 cm³/mol. The number of anilines is 1. The Bertz CT molecular complexity index is 649. The number of benzene rings is 1. The van der Waals surface area contributed by atoms with Crippen LogP contribution < -0.4 is 10.6 Å². The molecule has 156 valence electrons. The zero-order chi connectivity index (χ0) is 20.7. The van der Waals surface area contributed by atoms with Gasteiger partial charge in [0.15, 0.2) is 0 Å². The van der Waals surface area contributed by atoms with E-state index in [0.29, 0.717) is 19.0 Å². The highest BCUT2D eigenvalue weighted by atomic mass is 16.2. The van der Waals surface area contributed by atoms with Gasteiger partial charge in [0.1, 0.15) is 0 Å². The van der Waals surface area contributed by atoms with Gasteiger partial charge in [-0.3, -0.25) is 19.4 Å². The molecule has 28 heavy (non-hydrogen) atoms. The Kier molecular flexibility index (Phi) is 8.01. The fraction of sp³-hybridized carbons (Fsp3) is 0.636. The van der Waals surface area contributed by atoms with E-state index in [1.165, 1.54) is 5.56 Å². The van der Waals surface area contributed by atoms with Crippen LogP contribution in [0.1, 0.15) is 52.5 Å². The zero-order valence-electron chi connectivity index (χ0n) is 18.0. The van der Waals surface area contributed by atoms with Crippen molar-refractivity contribution in [2.75, 3.05) is 44.6 Å². The second-order valence-corrected chi connectivity index (χ2v) is 9.03. The molecule has 2 N–H and O–H groups in total. The molecular weight excluding hydrogens is 352 g/mol. The van der Waals surface area contributed by atoms with Crippen LogP contribution in [0.2, 0.25) is 0 Å². The largest absolute Gasteiger partial charge is 0.350 e.